The molecule has 0 aliphatic carbocycles. The maximum atomic E-state index is 14.8. The third-order valence-electron chi connectivity index (χ3n) is 6.57. The van der Waals surface area contributed by atoms with Gasteiger partial charge >= 0.3 is 0 Å². The summed E-state index contributed by atoms with van der Waals surface area (Å²) in [6, 6.07) is -0.698. The first-order valence-electron chi connectivity index (χ1n) is 9.87. The Kier molecular flexibility index (Phi) is 5.69. The van der Waals surface area contributed by atoms with E-state index in [0.29, 0.717) is 31.3 Å². The van der Waals surface area contributed by atoms with E-state index in [-0.39, 0.29) is 11.8 Å². The van der Waals surface area contributed by atoms with Crippen molar-refractivity contribution in [2.75, 3.05) is 46.3 Å². The number of carbonyl (C=O) groups is 1. The summed E-state index contributed by atoms with van der Waals surface area (Å²) in [5, 5.41) is 0. The van der Waals surface area contributed by atoms with Crippen molar-refractivity contribution in [2.24, 2.45) is 17.8 Å². The van der Waals surface area contributed by atoms with Gasteiger partial charge in [0.25, 0.3) is 5.92 Å². The van der Waals surface area contributed by atoms with Gasteiger partial charge in [-0.05, 0) is 64.2 Å². The molecule has 2 unspecified atom stereocenters. The molecule has 3 aliphatic heterocycles. The molecule has 0 bridgehead atoms. The van der Waals surface area contributed by atoms with Crippen molar-refractivity contribution in [3.05, 3.63) is 0 Å². The summed E-state index contributed by atoms with van der Waals surface area (Å²) in [7, 11) is 1.98. The predicted molar refractivity (Wildman–Crippen MR) is 94.7 cm³/mol. The van der Waals surface area contributed by atoms with Gasteiger partial charge in [-0.2, -0.15) is 0 Å². The highest BCUT2D eigenvalue weighted by Crippen LogP contribution is 2.35. The number of likely N-dealkylation sites (tertiary alicyclic amines) is 3. The predicted octanol–water partition coefficient (Wildman–Crippen LogP) is 2.54. The molecule has 144 valence electrons. The van der Waals surface area contributed by atoms with E-state index in [9.17, 15) is 13.6 Å². The highest BCUT2D eigenvalue weighted by atomic mass is 19.3. The zero-order valence-electron chi connectivity index (χ0n) is 15.9. The Bertz CT molecular complexity index is 477. The lowest BCUT2D eigenvalue weighted by Crippen LogP contribution is -2.61. The molecule has 4 nitrogen and oxygen atoms in total. The molecule has 3 saturated heterocycles. The summed E-state index contributed by atoms with van der Waals surface area (Å²) in [6.45, 7) is 7.64. The fraction of sp³-hybridized carbons (Fsp3) is 0.947. The first-order valence-corrected chi connectivity index (χ1v) is 9.87. The fourth-order valence-corrected chi connectivity index (χ4v) is 4.86. The average molecular weight is 357 g/mol. The Balaban J connectivity index is 1.57. The smallest absolute Gasteiger partial charge is 0.280 e. The molecule has 0 aromatic carbocycles. The molecule has 0 saturated carbocycles. The number of alkyl halides is 2. The number of rotatable bonds is 3. The first-order chi connectivity index (χ1) is 11.8. The minimum atomic E-state index is -2.80. The quantitative estimate of drug-likeness (QED) is 0.777. The van der Waals surface area contributed by atoms with Gasteiger partial charge in [-0.15, -0.1) is 0 Å². The molecule has 6 heteroatoms. The second-order valence-electron chi connectivity index (χ2n) is 8.69. The van der Waals surface area contributed by atoms with Crippen LogP contribution < -0.4 is 0 Å². The van der Waals surface area contributed by atoms with Crippen molar-refractivity contribution in [1.82, 2.24) is 14.7 Å². The molecule has 0 aromatic rings. The SMILES string of the molecule is CC(C)C1CCN(C2CCN(C(=O)C3CCN(C)C3)CC2(F)F)CC1. The Labute approximate surface area is 150 Å². The van der Waals surface area contributed by atoms with Gasteiger partial charge in [-0.3, -0.25) is 9.69 Å². The van der Waals surface area contributed by atoms with Gasteiger partial charge in [-0.1, -0.05) is 13.8 Å². The number of carbonyl (C=O) groups excluding carboxylic acids is 1. The van der Waals surface area contributed by atoms with E-state index in [1.165, 1.54) is 4.90 Å². The monoisotopic (exact) mass is 357 g/mol. The summed E-state index contributed by atoms with van der Waals surface area (Å²) in [5.41, 5.74) is 0. The maximum Gasteiger partial charge on any atom is 0.280 e. The molecule has 25 heavy (non-hydrogen) atoms. The number of piperidine rings is 2. The van der Waals surface area contributed by atoms with E-state index in [2.05, 4.69) is 18.7 Å². The third-order valence-corrected chi connectivity index (χ3v) is 6.57. The number of hydrogen-bond donors (Lipinski definition) is 0. The number of nitrogens with zero attached hydrogens (tertiary/aromatic N) is 3. The van der Waals surface area contributed by atoms with Gasteiger partial charge in [0.1, 0.15) is 0 Å². The zero-order valence-corrected chi connectivity index (χ0v) is 15.9. The van der Waals surface area contributed by atoms with Crippen LogP contribution >= 0.6 is 0 Å². The normalized spacial score (nSPS) is 32.5. The highest BCUT2D eigenvalue weighted by Gasteiger charge is 2.49. The Hall–Kier alpha value is -0.750. The van der Waals surface area contributed by atoms with Crippen molar-refractivity contribution in [2.45, 2.75) is 51.5 Å². The van der Waals surface area contributed by atoms with Crippen LogP contribution in [-0.4, -0.2) is 78.9 Å². The van der Waals surface area contributed by atoms with Gasteiger partial charge in [-0.25, -0.2) is 8.78 Å². The van der Waals surface area contributed by atoms with Gasteiger partial charge in [0.05, 0.1) is 18.5 Å². The van der Waals surface area contributed by atoms with Crippen LogP contribution in [0.5, 0.6) is 0 Å². The van der Waals surface area contributed by atoms with Gasteiger partial charge in [0, 0.05) is 13.1 Å². The molecule has 0 radical (unpaired) electrons. The standard InChI is InChI=1S/C19H33F2N3O/c1-14(2)15-5-9-23(10-6-15)17-7-11-24(13-19(17,20)21)18(25)16-4-8-22(3)12-16/h14-17H,4-13H2,1-3H3. The van der Waals surface area contributed by atoms with Crippen LogP contribution in [0, 0.1) is 17.8 Å². The van der Waals surface area contributed by atoms with E-state index in [4.69, 9.17) is 0 Å². The van der Waals surface area contributed by atoms with Crippen LogP contribution in [0.4, 0.5) is 8.78 Å². The third kappa shape index (κ3) is 4.16. The van der Waals surface area contributed by atoms with Crippen LogP contribution in [0.1, 0.15) is 39.5 Å². The second kappa shape index (κ2) is 7.47. The summed E-state index contributed by atoms with van der Waals surface area (Å²) in [5.74, 6) is -1.68. The maximum absolute atomic E-state index is 14.8. The zero-order chi connectivity index (χ0) is 18.2. The summed E-state index contributed by atoms with van der Waals surface area (Å²) < 4.78 is 29.7. The largest absolute Gasteiger partial charge is 0.336 e. The molecule has 3 fully saturated rings. The van der Waals surface area contributed by atoms with Crippen LogP contribution in [0.3, 0.4) is 0 Å². The molecule has 2 atom stereocenters. The molecule has 0 aromatic heterocycles. The average Bonchev–Trinajstić information content (AvgIpc) is 3.00. The Morgan fingerprint density at radius 1 is 1.04 bits per heavy atom. The highest BCUT2D eigenvalue weighted by molar-refractivity contribution is 5.79. The van der Waals surface area contributed by atoms with Crippen LogP contribution in [0.15, 0.2) is 0 Å². The van der Waals surface area contributed by atoms with Gasteiger partial charge in [0.15, 0.2) is 0 Å². The Morgan fingerprint density at radius 2 is 1.72 bits per heavy atom. The molecule has 3 aliphatic rings. The second-order valence-corrected chi connectivity index (χ2v) is 8.69. The first kappa shape index (κ1) is 19.0. The van der Waals surface area contributed by atoms with Crippen LogP contribution in [0.2, 0.25) is 0 Å². The summed E-state index contributed by atoms with van der Waals surface area (Å²) in [6.07, 6.45) is 3.22. The van der Waals surface area contributed by atoms with Crippen molar-refractivity contribution in [3.8, 4) is 0 Å². The summed E-state index contributed by atoms with van der Waals surface area (Å²) >= 11 is 0. The van der Waals surface area contributed by atoms with Crippen LogP contribution in [-0.2, 0) is 4.79 Å². The van der Waals surface area contributed by atoms with Crippen molar-refractivity contribution in [1.29, 1.82) is 0 Å². The van der Waals surface area contributed by atoms with Crippen molar-refractivity contribution < 1.29 is 13.6 Å². The van der Waals surface area contributed by atoms with Gasteiger partial charge < -0.3 is 9.80 Å². The lowest BCUT2D eigenvalue weighted by atomic mass is 9.85. The lowest BCUT2D eigenvalue weighted by Gasteiger charge is -2.46. The van der Waals surface area contributed by atoms with Crippen LogP contribution in [0.25, 0.3) is 0 Å². The fourth-order valence-electron chi connectivity index (χ4n) is 4.86. The van der Waals surface area contributed by atoms with Crippen molar-refractivity contribution >= 4 is 5.91 Å². The number of halogens is 2. The molecule has 0 N–H and O–H groups in total. The lowest BCUT2D eigenvalue weighted by molar-refractivity contribution is -0.159. The Morgan fingerprint density at radius 3 is 2.24 bits per heavy atom. The number of hydrogen-bond acceptors (Lipinski definition) is 3. The van der Waals surface area contributed by atoms with E-state index >= 15 is 0 Å². The molecular formula is C19H33F2N3O. The van der Waals surface area contributed by atoms with Crippen molar-refractivity contribution in [3.63, 3.8) is 0 Å². The minimum absolute atomic E-state index is 0.0685. The molecule has 3 rings (SSSR count). The summed E-state index contributed by atoms with van der Waals surface area (Å²) in [4.78, 5) is 18.1. The molecular weight excluding hydrogens is 324 g/mol. The van der Waals surface area contributed by atoms with E-state index < -0.39 is 18.5 Å². The topological polar surface area (TPSA) is 26.8 Å². The molecule has 0 spiro atoms. The number of amides is 1. The van der Waals surface area contributed by atoms with E-state index in [1.54, 1.807) is 0 Å². The van der Waals surface area contributed by atoms with Gasteiger partial charge in [0.2, 0.25) is 5.91 Å². The molecule has 3 heterocycles. The van der Waals surface area contributed by atoms with E-state index in [1.807, 2.05) is 11.9 Å². The minimum Gasteiger partial charge on any atom is -0.336 e. The molecule has 1 amide bonds. The van der Waals surface area contributed by atoms with E-state index in [0.717, 1.165) is 38.9 Å².